The third kappa shape index (κ3) is 2.74. The summed E-state index contributed by atoms with van der Waals surface area (Å²) >= 11 is 3.38. The van der Waals surface area contributed by atoms with Gasteiger partial charge >= 0.3 is 0 Å². The van der Waals surface area contributed by atoms with Gasteiger partial charge in [0.25, 0.3) is 8.32 Å². The van der Waals surface area contributed by atoms with Gasteiger partial charge in [-0.2, -0.15) is 0 Å². The molecule has 0 unspecified atom stereocenters. The summed E-state index contributed by atoms with van der Waals surface area (Å²) in [5.41, 5.74) is 0.573. The van der Waals surface area contributed by atoms with Crippen LogP contribution in [0.3, 0.4) is 0 Å². The second kappa shape index (κ2) is 5.11. The maximum Gasteiger partial charge on any atom is 0.250 e. The zero-order chi connectivity index (χ0) is 15.1. The largest absolute Gasteiger partial charge is 0.540 e. The number of rotatable bonds is 2. The predicted octanol–water partition coefficient (Wildman–Crippen LogP) is 5.52. The van der Waals surface area contributed by atoms with E-state index >= 15 is 0 Å². The van der Waals surface area contributed by atoms with Crippen molar-refractivity contribution in [2.45, 2.75) is 38.9 Å². The maximum atomic E-state index is 14.3. The van der Waals surface area contributed by atoms with E-state index < -0.39 is 8.32 Å². The van der Waals surface area contributed by atoms with Crippen molar-refractivity contribution in [1.29, 1.82) is 0 Å². The quantitative estimate of drug-likeness (QED) is 0.661. The van der Waals surface area contributed by atoms with Gasteiger partial charge in [0.1, 0.15) is 5.52 Å². The van der Waals surface area contributed by atoms with Crippen molar-refractivity contribution in [1.82, 2.24) is 4.98 Å². The lowest BCUT2D eigenvalue weighted by molar-refractivity contribution is 0.461. The fraction of sp³-hybridized carbons (Fsp3) is 0.400. The molecule has 0 N–H and O–H groups in total. The van der Waals surface area contributed by atoms with Gasteiger partial charge < -0.3 is 4.43 Å². The summed E-state index contributed by atoms with van der Waals surface area (Å²) in [6.07, 6.45) is 1.66. The van der Waals surface area contributed by atoms with Crippen molar-refractivity contribution in [3.8, 4) is 5.75 Å². The van der Waals surface area contributed by atoms with Gasteiger partial charge in [-0.1, -0.05) is 26.8 Å². The number of halogens is 2. The molecule has 0 aliphatic carbocycles. The van der Waals surface area contributed by atoms with Crippen molar-refractivity contribution in [3.05, 3.63) is 34.7 Å². The molecule has 0 aliphatic heterocycles. The highest BCUT2D eigenvalue weighted by Crippen LogP contribution is 2.41. The molecular formula is C15H19BrFNOSi. The molecule has 0 radical (unpaired) electrons. The Labute approximate surface area is 128 Å². The third-order valence-corrected chi connectivity index (χ3v) is 8.90. The highest BCUT2D eigenvalue weighted by atomic mass is 79.9. The van der Waals surface area contributed by atoms with Crippen LogP contribution >= 0.6 is 15.9 Å². The van der Waals surface area contributed by atoms with Gasteiger partial charge in [0.15, 0.2) is 11.6 Å². The number of hydrogen-bond donors (Lipinski definition) is 0. The maximum absolute atomic E-state index is 14.3. The monoisotopic (exact) mass is 355 g/mol. The normalized spacial score (nSPS) is 12.8. The molecule has 1 heterocycles. The molecule has 2 rings (SSSR count). The van der Waals surface area contributed by atoms with Gasteiger partial charge in [0, 0.05) is 16.1 Å². The van der Waals surface area contributed by atoms with Crippen LogP contribution in [-0.4, -0.2) is 13.3 Å². The lowest BCUT2D eigenvalue weighted by atomic mass is 10.2. The fourth-order valence-electron chi connectivity index (χ4n) is 1.65. The number of pyridine rings is 1. The second-order valence-corrected chi connectivity index (χ2v) is 12.0. The molecule has 0 saturated carbocycles. The van der Waals surface area contributed by atoms with Gasteiger partial charge in [0.05, 0.1) is 0 Å². The zero-order valence-electron chi connectivity index (χ0n) is 12.4. The Morgan fingerprint density at radius 2 is 1.95 bits per heavy atom. The lowest BCUT2D eigenvalue weighted by Gasteiger charge is -2.36. The average Bonchev–Trinajstić information content (AvgIpc) is 2.33. The number of aromatic nitrogens is 1. The Balaban J connectivity index is 2.61. The molecule has 2 nitrogen and oxygen atoms in total. The van der Waals surface area contributed by atoms with Crippen LogP contribution in [0.2, 0.25) is 18.1 Å². The minimum atomic E-state index is -2.11. The van der Waals surface area contributed by atoms with E-state index in [0.29, 0.717) is 9.99 Å². The Bertz CT molecular complexity index is 652. The summed E-state index contributed by atoms with van der Waals surface area (Å²) in [5.74, 6) is -0.0942. The molecule has 1 aromatic carbocycles. The molecule has 20 heavy (non-hydrogen) atoms. The van der Waals surface area contributed by atoms with Gasteiger partial charge in [-0.15, -0.1) is 0 Å². The van der Waals surface area contributed by atoms with E-state index in [0.717, 1.165) is 5.39 Å². The van der Waals surface area contributed by atoms with Crippen LogP contribution in [0.25, 0.3) is 10.9 Å². The van der Waals surface area contributed by atoms with Crippen molar-refractivity contribution in [3.63, 3.8) is 0 Å². The standard InChI is InChI=1S/C15H19BrFNOSi/c1-15(2,3)20(4,5)19-14-12(17)9-11(16)10-7-6-8-18-13(10)14/h6-9H,1-5H3. The summed E-state index contributed by atoms with van der Waals surface area (Å²) in [6, 6.07) is 5.19. The van der Waals surface area contributed by atoms with Crippen molar-refractivity contribution in [2.75, 3.05) is 0 Å². The second-order valence-electron chi connectivity index (χ2n) is 6.43. The fourth-order valence-corrected chi connectivity index (χ4v) is 3.18. The van der Waals surface area contributed by atoms with Crippen LogP contribution < -0.4 is 4.43 Å². The van der Waals surface area contributed by atoms with Crippen molar-refractivity contribution in [2.24, 2.45) is 0 Å². The van der Waals surface area contributed by atoms with Crippen LogP contribution in [0.1, 0.15) is 20.8 Å². The van der Waals surface area contributed by atoms with Crippen LogP contribution in [0, 0.1) is 5.82 Å². The van der Waals surface area contributed by atoms with Crippen LogP contribution in [0.5, 0.6) is 5.75 Å². The van der Waals surface area contributed by atoms with Gasteiger partial charge in [-0.05, 0) is 46.2 Å². The zero-order valence-corrected chi connectivity index (χ0v) is 15.0. The molecule has 0 bridgehead atoms. The average molecular weight is 356 g/mol. The molecule has 5 heteroatoms. The summed E-state index contributed by atoms with van der Waals surface area (Å²) < 4.78 is 21.2. The first-order valence-electron chi connectivity index (χ1n) is 6.55. The van der Waals surface area contributed by atoms with Crippen LogP contribution in [-0.2, 0) is 0 Å². The minimum absolute atomic E-state index is 0.00756. The molecule has 0 atom stereocenters. The molecule has 0 saturated heterocycles. The molecular weight excluding hydrogens is 337 g/mol. The van der Waals surface area contributed by atoms with Gasteiger partial charge in [0.2, 0.25) is 0 Å². The Hall–Kier alpha value is -0.943. The minimum Gasteiger partial charge on any atom is -0.540 e. The molecule has 1 aromatic heterocycles. The SMILES string of the molecule is CC(C)(C)[Si](C)(C)Oc1c(F)cc(Br)c2cccnc12. The van der Waals surface area contributed by atoms with Crippen molar-refractivity contribution >= 4 is 35.2 Å². The van der Waals surface area contributed by atoms with Crippen LogP contribution in [0.4, 0.5) is 4.39 Å². The first-order chi connectivity index (χ1) is 9.13. The van der Waals surface area contributed by atoms with E-state index in [1.807, 2.05) is 12.1 Å². The summed E-state index contributed by atoms with van der Waals surface area (Å²) in [5, 5.41) is 0.871. The van der Waals surface area contributed by atoms with E-state index in [2.05, 4.69) is 54.8 Å². The Morgan fingerprint density at radius 3 is 2.55 bits per heavy atom. The molecule has 0 aliphatic rings. The van der Waals surface area contributed by atoms with Gasteiger partial charge in [-0.25, -0.2) is 4.39 Å². The smallest absolute Gasteiger partial charge is 0.250 e. The number of hydrogen-bond acceptors (Lipinski definition) is 2. The van der Waals surface area contributed by atoms with Crippen molar-refractivity contribution < 1.29 is 8.82 Å². The topological polar surface area (TPSA) is 22.1 Å². The molecule has 2 aromatic rings. The Kier molecular flexibility index (Phi) is 3.95. The van der Waals surface area contributed by atoms with E-state index in [1.165, 1.54) is 6.07 Å². The summed E-state index contributed by atoms with van der Waals surface area (Å²) in [4.78, 5) is 4.30. The first kappa shape index (κ1) is 15.4. The molecule has 0 amide bonds. The lowest BCUT2D eigenvalue weighted by Crippen LogP contribution is -2.44. The first-order valence-corrected chi connectivity index (χ1v) is 10.3. The predicted molar refractivity (Wildman–Crippen MR) is 87.2 cm³/mol. The number of benzene rings is 1. The van der Waals surface area contributed by atoms with E-state index in [9.17, 15) is 4.39 Å². The van der Waals surface area contributed by atoms with E-state index in [-0.39, 0.29) is 16.6 Å². The van der Waals surface area contributed by atoms with Gasteiger partial charge in [-0.3, -0.25) is 4.98 Å². The molecule has 0 fully saturated rings. The van der Waals surface area contributed by atoms with Crippen LogP contribution in [0.15, 0.2) is 28.9 Å². The number of fused-ring (bicyclic) bond motifs is 1. The van der Waals surface area contributed by atoms with E-state index in [4.69, 9.17) is 4.43 Å². The summed E-state index contributed by atoms with van der Waals surface area (Å²) in [6.45, 7) is 10.6. The molecule has 108 valence electrons. The van der Waals surface area contributed by atoms with E-state index in [1.54, 1.807) is 6.20 Å². The highest BCUT2D eigenvalue weighted by Gasteiger charge is 2.40. The Morgan fingerprint density at radius 1 is 1.30 bits per heavy atom. The number of nitrogens with zero attached hydrogens (tertiary/aromatic N) is 1. The highest BCUT2D eigenvalue weighted by molar-refractivity contribution is 9.10. The summed E-state index contributed by atoms with van der Waals surface area (Å²) in [7, 11) is -2.11. The molecule has 0 spiro atoms. The third-order valence-electron chi connectivity index (χ3n) is 3.91.